The van der Waals surface area contributed by atoms with E-state index in [1.807, 2.05) is 13.0 Å². The van der Waals surface area contributed by atoms with Gasteiger partial charge in [-0.2, -0.15) is 0 Å². The standard InChI is InChI=1S/C12H12ClNO3S/c1-2-17-11-6-5-9(8-18(13,15)16)10-4-3-7-14-12(10)11/h3-7H,2,8H2,1H3. The van der Waals surface area contributed by atoms with Crippen molar-refractivity contribution in [2.45, 2.75) is 12.7 Å². The molecule has 4 nitrogen and oxygen atoms in total. The molecule has 0 aliphatic carbocycles. The molecule has 6 heteroatoms. The number of pyridine rings is 1. The van der Waals surface area contributed by atoms with Gasteiger partial charge in [-0.15, -0.1) is 0 Å². The monoisotopic (exact) mass is 285 g/mol. The first kappa shape index (κ1) is 13.1. The number of ether oxygens (including phenoxy) is 1. The van der Waals surface area contributed by atoms with Crippen LogP contribution in [0.4, 0.5) is 0 Å². The van der Waals surface area contributed by atoms with E-state index in [1.165, 1.54) is 0 Å². The minimum absolute atomic E-state index is 0.219. The molecule has 18 heavy (non-hydrogen) atoms. The Bertz CT molecular complexity index is 670. The third-order valence-corrected chi connectivity index (χ3v) is 3.43. The Balaban J connectivity index is 2.60. The molecule has 0 aliphatic rings. The minimum atomic E-state index is -3.59. The van der Waals surface area contributed by atoms with Crippen LogP contribution >= 0.6 is 10.7 Å². The van der Waals surface area contributed by atoms with Crippen LogP contribution in [0.15, 0.2) is 30.5 Å². The van der Waals surface area contributed by atoms with Gasteiger partial charge in [-0.3, -0.25) is 4.98 Å². The highest BCUT2D eigenvalue weighted by Crippen LogP contribution is 2.28. The molecule has 0 fully saturated rings. The molecule has 0 N–H and O–H groups in total. The van der Waals surface area contributed by atoms with Crippen LogP contribution in [0.25, 0.3) is 10.9 Å². The van der Waals surface area contributed by atoms with Crippen LogP contribution in [0.5, 0.6) is 5.75 Å². The van der Waals surface area contributed by atoms with E-state index in [9.17, 15) is 8.42 Å². The van der Waals surface area contributed by atoms with Crippen molar-refractivity contribution >= 4 is 30.6 Å². The quantitative estimate of drug-likeness (QED) is 0.811. The number of rotatable bonds is 4. The van der Waals surface area contributed by atoms with Crippen LogP contribution in [0.3, 0.4) is 0 Å². The molecule has 1 aromatic heterocycles. The number of aromatic nitrogens is 1. The van der Waals surface area contributed by atoms with Crippen molar-refractivity contribution in [3.63, 3.8) is 0 Å². The van der Waals surface area contributed by atoms with Gasteiger partial charge in [0.1, 0.15) is 11.3 Å². The van der Waals surface area contributed by atoms with Gasteiger partial charge in [0.05, 0.1) is 12.4 Å². The number of hydrogen-bond acceptors (Lipinski definition) is 4. The Kier molecular flexibility index (Phi) is 3.73. The molecular weight excluding hydrogens is 274 g/mol. The zero-order valence-corrected chi connectivity index (χ0v) is 11.3. The first-order valence-electron chi connectivity index (χ1n) is 5.43. The van der Waals surface area contributed by atoms with Gasteiger partial charge >= 0.3 is 0 Å². The summed E-state index contributed by atoms with van der Waals surface area (Å²) in [5, 5.41) is 0.743. The molecule has 0 radical (unpaired) electrons. The average molecular weight is 286 g/mol. The third-order valence-electron chi connectivity index (χ3n) is 2.45. The summed E-state index contributed by atoms with van der Waals surface area (Å²) in [6, 6.07) is 6.98. The van der Waals surface area contributed by atoms with E-state index in [0.29, 0.717) is 23.4 Å². The Morgan fingerprint density at radius 1 is 1.33 bits per heavy atom. The maximum Gasteiger partial charge on any atom is 0.236 e. The molecule has 2 rings (SSSR count). The minimum Gasteiger partial charge on any atom is -0.492 e. The summed E-state index contributed by atoms with van der Waals surface area (Å²) in [5.41, 5.74) is 1.27. The third kappa shape index (κ3) is 2.91. The summed E-state index contributed by atoms with van der Waals surface area (Å²) >= 11 is 0. The van der Waals surface area contributed by atoms with Crippen molar-refractivity contribution in [3.05, 3.63) is 36.0 Å². The molecule has 1 aromatic carbocycles. The molecular formula is C12H12ClNO3S. The summed E-state index contributed by atoms with van der Waals surface area (Å²) in [5.74, 6) is 0.423. The van der Waals surface area contributed by atoms with E-state index in [4.69, 9.17) is 15.4 Å². The predicted octanol–water partition coefficient (Wildman–Crippen LogP) is 2.70. The van der Waals surface area contributed by atoms with E-state index >= 15 is 0 Å². The van der Waals surface area contributed by atoms with E-state index in [1.54, 1.807) is 24.4 Å². The van der Waals surface area contributed by atoms with Gasteiger partial charge in [-0.25, -0.2) is 8.42 Å². The zero-order chi connectivity index (χ0) is 13.2. The smallest absolute Gasteiger partial charge is 0.236 e. The molecule has 0 bridgehead atoms. The summed E-state index contributed by atoms with van der Waals surface area (Å²) in [6.07, 6.45) is 1.64. The van der Waals surface area contributed by atoms with Crippen molar-refractivity contribution in [2.75, 3.05) is 6.61 Å². The second-order valence-electron chi connectivity index (χ2n) is 3.74. The van der Waals surface area contributed by atoms with Gasteiger partial charge in [0.15, 0.2) is 0 Å². The highest BCUT2D eigenvalue weighted by molar-refractivity contribution is 8.13. The lowest BCUT2D eigenvalue weighted by atomic mass is 10.1. The predicted molar refractivity (Wildman–Crippen MR) is 71.4 cm³/mol. The van der Waals surface area contributed by atoms with Crippen molar-refractivity contribution in [1.29, 1.82) is 0 Å². The van der Waals surface area contributed by atoms with E-state index in [-0.39, 0.29) is 5.75 Å². The Hall–Kier alpha value is -1.33. The fraction of sp³-hybridized carbons (Fsp3) is 0.250. The van der Waals surface area contributed by atoms with Gasteiger partial charge in [0, 0.05) is 22.3 Å². The van der Waals surface area contributed by atoms with Crippen molar-refractivity contribution in [3.8, 4) is 5.75 Å². The van der Waals surface area contributed by atoms with Gasteiger partial charge in [0.2, 0.25) is 9.05 Å². The van der Waals surface area contributed by atoms with E-state index < -0.39 is 9.05 Å². The summed E-state index contributed by atoms with van der Waals surface area (Å²) in [7, 11) is 1.70. The topological polar surface area (TPSA) is 56.3 Å². The van der Waals surface area contributed by atoms with Gasteiger partial charge < -0.3 is 4.74 Å². The molecule has 0 spiro atoms. The normalized spacial score (nSPS) is 11.7. The van der Waals surface area contributed by atoms with Crippen molar-refractivity contribution in [1.82, 2.24) is 4.98 Å². The fourth-order valence-electron chi connectivity index (χ4n) is 1.79. The summed E-state index contributed by atoms with van der Waals surface area (Å²) < 4.78 is 27.8. The van der Waals surface area contributed by atoms with Crippen LogP contribution in [0.1, 0.15) is 12.5 Å². The molecule has 1 heterocycles. The van der Waals surface area contributed by atoms with Gasteiger partial charge in [-0.1, -0.05) is 12.1 Å². The van der Waals surface area contributed by atoms with Crippen molar-refractivity contribution in [2.24, 2.45) is 0 Å². The molecule has 0 unspecified atom stereocenters. The summed E-state index contributed by atoms with van der Waals surface area (Å²) in [4.78, 5) is 4.23. The largest absolute Gasteiger partial charge is 0.492 e. The molecule has 0 amide bonds. The van der Waals surface area contributed by atoms with Crippen LogP contribution < -0.4 is 4.74 Å². The Morgan fingerprint density at radius 2 is 2.11 bits per heavy atom. The lowest BCUT2D eigenvalue weighted by Gasteiger charge is -2.09. The Morgan fingerprint density at radius 3 is 2.78 bits per heavy atom. The van der Waals surface area contributed by atoms with Crippen molar-refractivity contribution < 1.29 is 13.2 Å². The van der Waals surface area contributed by atoms with Crippen LogP contribution in [0.2, 0.25) is 0 Å². The van der Waals surface area contributed by atoms with Gasteiger partial charge in [0.25, 0.3) is 0 Å². The number of halogens is 1. The maximum absolute atomic E-state index is 11.2. The molecule has 0 saturated carbocycles. The van der Waals surface area contributed by atoms with E-state index in [0.717, 1.165) is 5.39 Å². The van der Waals surface area contributed by atoms with Crippen LogP contribution in [0, 0.1) is 0 Å². The van der Waals surface area contributed by atoms with Crippen LogP contribution in [-0.2, 0) is 14.8 Å². The van der Waals surface area contributed by atoms with Gasteiger partial charge in [-0.05, 0) is 24.6 Å². The number of fused-ring (bicyclic) bond motifs is 1. The molecule has 2 aromatic rings. The maximum atomic E-state index is 11.2. The van der Waals surface area contributed by atoms with Crippen LogP contribution in [-0.4, -0.2) is 20.0 Å². The number of nitrogens with zero attached hydrogens (tertiary/aromatic N) is 1. The highest BCUT2D eigenvalue weighted by atomic mass is 35.7. The summed E-state index contributed by atoms with van der Waals surface area (Å²) in [6.45, 7) is 2.41. The number of benzene rings is 1. The second kappa shape index (κ2) is 5.12. The fourth-order valence-corrected chi connectivity index (χ4v) is 2.77. The molecule has 0 atom stereocenters. The SMILES string of the molecule is CCOc1ccc(CS(=O)(=O)Cl)c2cccnc12. The lowest BCUT2D eigenvalue weighted by molar-refractivity contribution is 0.343. The van der Waals surface area contributed by atoms with E-state index in [2.05, 4.69) is 4.98 Å². The highest BCUT2D eigenvalue weighted by Gasteiger charge is 2.13. The second-order valence-corrected chi connectivity index (χ2v) is 6.52. The lowest BCUT2D eigenvalue weighted by Crippen LogP contribution is -1.99. The first-order valence-corrected chi connectivity index (χ1v) is 7.91. The molecule has 96 valence electrons. The first-order chi connectivity index (χ1) is 8.51. The molecule has 0 saturated heterocycles. The number of hydrogen-bond donors (Lipinski definition) is 0. The Labute approximate surface area is 110 Å². The average Bonchev–Trinajstić information content (AvgIpc) is 2.31. The zero-order valence-electron chi connectivity index (χ0n) is 9.76. The molecule has 0 aliphatic heterocycles.